The SMILES string of the molecule is OC1C=Cc2c(cc3c4c(c5ccccc5cc24)-c2ccccc2-3)C1O. The van der Waals surface area contributed by atoms with E-state index in [0.717, 1.165) is 22.1 Å². The zero-order valence-corrected chi connectivity index (χ0v) is 14.0. The molecule has 0 saturated heterocycles. The Morgan fingerprint density at radius 1 is 0.731 bits per heavy atom. The van der Waals surface area contributed by atoms with Crippen molar-refractivity contribution in [3.05, 3.63) is 77.9 Å². The molecule has 2 aliphatic carbocycles. The van der Waals surface area contributed by atoms with Gasteiger partial charge < -0.3 is 10.2 Å². The monoisotopic (exact) mass is 336 g/mol. The fraction of sp³-hybridized carbons (Fsp3) is 0.0833. The van der Waals surface area contributed by atoms with Crippen LogP contribution >= 0.6 is 0 Å². The number of hydrogen-bond acceptors (Lipinski definition) is 2. The van der Waals surface area contributed by atoms with Crippen LogP contribution in [0.1, 0.15) is 17.2 Å². The molecule has 0 bridgehead atoms. The van der Waals surface area contributed by atoms with Crippen LogP contribution < -0.4 is 0 Å². The quantitative estimate of drug-likeness (QED) is 0.388. The van der Waals surface area contributed by atoms with Gasteiger partial charge in [0.1, 0.15) is 12.2 Å². The fourth-order valence-electron chi connectivity index (χ4n) is 4.64. The number of benzene rings is 4. The van der Waals surface area contributed by atoms with Gasteiger partial charge in [-0.25, -0.2) is 0 Å². The van der Waals surface area contributed by atoms with Crippen molar-refractivity contribution in [3.8, 4) is 22.3 Å². The lowest BCUT2D eigenvalue weighted by atomic mass is 9.85. The maximum absolute atomic E-state index is 10.6. The molecule has 2 heteroatoms. The van der Waals surface area contributed by atoms with Gasteiger partial charge in [0.2, 0.25) is 0 Å². The number of aliphatic hydroxyl groups excluding tert-OH is 2. The van der Waals surface area contributed by atoms with E-state index in [1.807, 2.05) is 6.08 Å². The van der Waals surface area contributed by atoms with E-state index >= 15 is 0 Å². The van der Waals surface area contributed by atoms with Crippen LogP contribution in [0.5, 0.6) is 0 Å². The average Bonchev–Trinajstić information content (AvgIpc) is 3.01. The van der Waals surface area contributed by atoms with Gasteiger partial charge in [-0.1, -0.05) is 60.7 Å². The molecule has 0 aliphatic heterocycles. The second kappa shape index (κ2) is 4.82. The molecule has 0 saturated carbocycles. The van der Waals surface area contributed by atoms with E-state index in [-0.39, 0.29) is 0 Å². The Kier molecular flexibility index (Phi) is 2.64. The molecule has 2 nitrogen and oxygen atoms in total. The van der Waals surface area contributed by atoms with Gasteiger partial charge in [-0.05, 0) is 67.1 Å². The first kappa shape index (κ1) is 14.3. The van der Waals surface area contributed by atoms with Gasteiger partial charge in [0.25, 0.3) is 0 Å². The molecule has 0 spiro atoms. The van der Waals surface area contributed by atoms with Gasteiger partial charge >= 0.3 is 0 Å². The number of fused-ring (bicyclic) bond motifs is 7. The molecular weight excluding hydrogens is 320 g/mol. The van der Waals surface area contributed by atoms with Crippen molar-refractivity contribution in [3.63, 3.8) is 0 Å². The van der Waals surface area contributed by atoms with Crippen LogP contribution in [0, 0.1) is 0 Å². The third-order valence-corrected chi connectivity index (χ3v) is 5.81. The highest BCUT2D eigenvalue weighted by Crippen LogP contribution is 2.52. The van der Waals surface area contributed by atoms with Gasteiger partial charge in [0.05, 0.1) is 0 Å². The van der Waals surface area contributed by atoms with Crippen LogP contribution in [0.15, 0.2) is 66.7 Å². The molecule has 2 N–H and O–H groups in total. The Bertz CT molecular complexity index is 1270. The highest BCUT2D eigenvalue weighted by atomic mass is 16.3. The first-order chi connectivity index (χ1) is 12.7. The van der Waals surface area contributed by atoms with E-state index in [0.29, 0.717) is 0 Å². The van der Waals surface area contributed by atoms with Crippen LogP contribution in [0.3, 0.4) is 0 Å². The van der Waals surface area contributed by atoms with E-state index in [4.69, 9.17) is 0 Å². The number of hydrogen-bond donors (Lipinski definition) is 2. The maximum atomic E-state index is 10.6. The molecule has 4 aromatic rings. The lowest BCUT2D eigenvalue weighted by Crippen LogP contribution is -2.19. The van der Waals surface area contributed by atoms with Crippen LogP contribution in [0.25, 0.3) is 49.9 Å². The summed E-state index contributed by atoms with van der Waals surface area (Å²) in [6, 6.07) is 21.2. The Morgan fingerprint density at radius 3 is 2.38 bits per heavy atom. The Hall–Kier alpha value is -2.94. The predicted molar refractivity (Wildman–Crippen MR) is 106 cm³/mol. The Morgan fingerprint density at radius 2 is 1.50 bits per heavy atom. The minimum absolute atomic E-state index is 0.806. The molecule has 6 rings (SSSR count). The molecule has 4 aromatic carbocycles. The molecule has 2 aliphatic rings. The van der Waals surface area contributed by atoms with Crippen LogP contribution in [0.2, 0.25) is 0 Å². The van der Waals surface area contributed by atoms with Gasteiger partial charge in [-0.2, -0.15) is 0 Å². The van der Waals surface area contributed by atoms with Crippen molar-refractivity contribution < 1.29 is 10.2 Å². The molecule has 0 heterocycles. The molecule has 0 fully saturated rings. The van der Waals surface area contributed by atoms with Crippen molar-refractivity contribution in [2.75, 3.05) is 0 Å². The van der Waals surface area contributed by atoms with Crippen molar-refractivity contribution in [1.29, 1.82) is 0 Å². The molecule has 26 heavy (non-hydrogen) atoms. The van der Waals surface area contributed by atoms with E-state index in [1.165, 1.54) is 32.8 Å². The molecule has 2 atom stereocenters. The Balaban J connectivity index is 1.90. The second-order valence-electron chi connectivity index (χ2n) is 7.16. The number of rotatable bonds is 0. The topological polar surface area (TPSA) is 40.5 Å². The van der Waals surface area contributed by atoms with Crippen LogP contribution in [-0.2, 0) is 0 Å². The van der Waals surface area contributed by atoms with E-state index in [2.05, 4.69) is 60.7 Å². The zero-order valence-electron chi connectivity index (χ0n) is 14.0. The summed E-state index contributed by atoms with van der Waals surface area (Å²) in [5, 5.41) is 25.5. The first-order valence-electron chi connectivity index (χ1n) is 8.90. The van der Waals surface area contributed by atoms with E-state index < -0.39 is 12.2 Å². The van der Waals surface area contributed by atoms with Gasteiger partial charge in [-0.3, -0.25) is 0 Å². The minimum atomic E-state index is -0.890. The molecular formula is C24H16O2. The summed E-state index contributed by atoms with van der Waals surface area (Å²) in [6.45, 7) is 0. The van der Waals surface area contributed by atoms with Crippen molar-refractivity contribution in [2.45, 2.75) is 12.2 Å². The Labute approximate surface area is 150 Å². The summed E-state index contributed by atoms with van der Waals surface area (Å²) in [6.07, 6.45) is 1.89. The van der Waals surface area contributed by atoms with Crippen LogP contribution in [-0.4, -0.2) is 16.3 Å². The summed E-state index contributed by atoms with van der Waals surface area (Å²) in [4.78, 5) is 0. The van der Waals surface area contributed by atoms with Crippen molar-refractivity contribution >= 4 is 27.6 Å². The molecule has 0 radical (unpaired) electrons. The summed E-state index contributed by atoms with van der Waals surface area (Å²) in [5.74, 6) is 0. The minimum Gasteiger partial charge on any atom is -0.386 e. The molecule has 0 amide bonds. The second-order valence-corrected chi connectivity index (χ2v) is 7.16. The highest BCUT2D eigenvalue weighted by molar-refractivity contribution is 6.25. The summed E-state index contributed by atoms with van der Waals surface area (Å²) in [5.41, 5.74) is 6.69. The summed E-state index contributed by atoms with van der Waals surface area (Å²) in [7, 11) is 0. The predicted octanol–water partition coefficient (Wildman–Crippen LogP) is 5.06. The molecule has 124 valence electrons. The van der Waals surface area contributed by atoms with E-state index in [1.54, 1.807) is 6.08 Å². The lowest BCUT2D eigenvalue weighted by Gasteiger charge is -2.24. The third kappa shape index (κ3) is 1.63. The third-order valence-electron chi connectivity index (χ3n) is 5.81. The summed E-state index contributed by atoms with van der Waals surface area (Å²) < 4.78 is 0. The first-order valence-corrected chi connectivity index (χ1v) is 8.90. The number of aliphatic hydroxyl groups is 2. The normalized spacial score (nSPS) is 19.8. The standard InChI is InChI=1S/C24H16O2/c25-21-10-9-16-18-11-13-5-1-2-6-14(13)22-17-8-4-3-7-15(17)19(23(18)22)12-20(16)24(21)26/h1-12,21,24-26H. The van der Waals surface area contributed by atoms with Gasteiger partial charge in [0, 0.05) is 0 Å². The fourth-order valence-corrected chi connectivity index (χ4v) is 4.64. The zero-order chi connectivity index (χ0) is 17.4. The lowest BCUT2D eigenvalue weighted by molar-refractivity contribution is 0.0471. The highest BCUT2D eigenvalue weighted by Gasteiger charge is 2.30. The average molecular weight is 336 g/mol. The largest absolute Gasteiger partial charge is 0.386 e. The maximum Gasteiger partial charge on any atom is 0.109 e. The van der Waals surface area contributed by atoms with Crippen LogP contribution in [0.4, 0.5) is 0 Å². The molecule has 0 aromatic heterocycles. The smallest absolute Gasteiger partial charge is 0.109 e. The molecule has 2 unspecified atom stereocenters. The van der Waals surface area contributed by atoms with Crippen molar-refractivity contribution in [1.82, 2.24) is 0 Å². The van der Waals surface area contributed by atoms with E-state index in [9.17, 15) is 10.2 Å². The summed E-state index contributed by atoms with van der Waals surface area (Å²) >= 11 is 0. The van der Waals surface area contributed by atoms with Gasteiger partial charge in [0.15, 0.2) is 0 Å². The van der Waals surface area contributed by atoms with Gasteiger partial charge in [-0.15, -0.1) is 0 Å². The van der Waals surface area contributed by atoms with Crippen molar-refractivity contribution in [2.24, 2.45) is 0 Å².